The second kappa shape index (κ2) is 15.9. The van der Waals surface area contributed by atoms with Crippen molar-refractivity contribution in [1.82, 2.24) is 0 Å². The van der Waals surface area contributed by atoms with E-state index in [2.05, 4.69) is 10.6 Å². The summed E-state index contributed by atoms with van der Waals surface area (Å²) in [5, 5.41) is 5.44. The minimum atomic E-state index is -6.02. The first-order valence-corrected chi connectivity index (χ1v) is 16.5. The Morgan fingerprint density at radius 3 is 0.742 bits per heavy atom. The van der Waals surface area contributed by atoms with Gasteiger partial charge in [-0.25, -0.2) is 0 Å². The number of quaternary nitrogens is 2. The first-order chi connectivity index (χ1) is 14.9. The fourth-order valence-corrected chi connectivity index (χ4v) is 6.08. The molecule has 0 unspecified atom stereocenters. The molecule has 4 aliphatic rings. The SMILES string of the molecule is C1CCC([NH2+]C2CCCCC2)CC1.C1CCC([NH2+]C2CCCCC2)CC1.[O]=[Mo](=[O])([O-])[O-]. The van der Waals surface area contributed by atoms with Crippen LogP contribution in [0.3, 0.4) is 0 Å². The van der Waals surface area contributed by atoms with Gasteiger partial charge in [-0.2, -0.15) is 0 Å². The van der Waals surface area contributed by atoms with Crippen molar-refractivity contribution in [2.45, 2.75) is 153 Å². The normalized spacial score (nSPS) is 25.1. The van der Waals surface area contributed by atoms with Crippen molar-refractivity contribution in [2.75, 3.05) is 0 Å². The van der Waals surface area contributed by atoms with E-state index < -0.39 is 16.7 Å². The van der Waals surface area contributed by atoms with Crippen molar-refractivity contribution >= 4 is 0 Å². The van der Waals surface area contributed by atoms with Crippen molar-refractivity contribution in [1.29, 1.82) is 0 Å². The van der Waals surface area contributed by atoms with Gasteiger partial charge in [0, 0.05) is 0 Å². The Labute approximate surface area is 194 Å². The molecule has 4 rings (SSSR count). The Morgan fingerprint density at radius 1 is 0.419 bits per heavy atom. The number of hydrogen-bond acceptors (Lipinski definition) is 4. The van der Waals surface area contributed by atoms with E-state index in [1.807, 2.05) is 0 Å². The maximum atomic E-state index is 8.63. The van der Waals surface area contributed by atoms with E-state index in [1.165, 1.54) is 128 Å². The molecule has 184 valence electrons. The summed E-state index contributed by atoms with van der Waals surface area (Å²) in [6.45, 7) is 0. The summed E-state index contributed by atoms with van der Waals surface area (Å²) >= 11 is -6.02. The molecule has 0 aliphatic heterocycles. The average Bonchev–Trinajstić information content (AvgIpc) is 2.76. The standard InChI is InChI=1S/2C12H23N.Mo.4O/c2*1-3-7-11(8-4-1)13-12-9-5-2-6-10-12;;;;;/h2*11-13H,1-10H2;;;;;/q;;;;;2*-1/p+2. The quantitative estimate of drug-likeness (QED) is 0.546. The van der Waals surface area contributed by atoms with Gasteiger partial charge in [-0.3, -0.25) is 0 Å². The number of nitrogens with two attached hydrogens (primary N) is 2. The molecule has 0 amide bonds. The van der Waals surface area contributed by atoms with Crippen LogP contribution in [0.25, 0.3) is 0 Å². The second-order valence-electron chi connectivity index (χ2n) is 10.4. The van der Waals surface area contributed by atoms with Gasteiger partial charge in [-0.1, -0.05) is 25.7 Å². The van der Waals surface area contributed by atoms with Gasteiger partial charge in [-0.15, -0.1) is 0 Å². The number of hydrogen-bond donors (Lipinski definition) is 2. The van der Waals surface area contributed by atoms with Gasteiger partial charge in [0.2, 0.25) is 0 Å². The molecule has 0 bridgehead atoms. The molecule has 0 atom stereocenters. The van der Waals surface area contributed by atoms with Crippen molar-refractivity contribution in [3.63, 3.8) is 0 Å². The molecule has 0 aromatic carbocycles. The van der Waals surface area contributed by atoms with E-state index in [9.17, 15) is 0 Å². The van der Waals surface area contributed by atoms with Crippen LogP contribution in [0, 0.1) is 0 Å². The first kappa shape index (κ1) is 27.4. The van der Waals surface area contributed by atoms with Crippen molar-refractivity contribution in [2.24, 2.45) is 0 Å². The monoisotopic (exact) mass is 526 g/mol. The van der Waals surface area contributed by atoms with Gasteiger partial charge in [0.05, 0.1) is 24.2 Å². The fraction of sp³-hybridized carbons (Fsp3) is 1.00. The van der Waals surface area contributed by atoms with Crippen molar-refractivity contribution < 1.29 is 41.7 Å². The minimum absolute atomic E-state index is 0.997. The predicted molar refractivity (Wildman–Crippen MR) is 113 cm³/mol. The van der Waals surface area contributed by atoms with Crippen LogP contribution in [0.1, 0.15) is 128 Å². The van der Waals surface area contributed by atoms with E-state index in [1.54, 1.807) is 0 Å². The van der Waals surface area contributed by atoms with Crippen LogP contribution >= 0.6 is 0 Å². The third kappa shape index (κ3) is 14.8. The van der Waals surface area contributed by atoms with Gasteiger partial charge < -0.3 is 10.6 Å². The molecule has 4 N–H and O–H groups in total. The van der Waals surface area contributed by atoms with Crippen LogP contribution in [-0.2, 0) is 23.5 Å². The van der Waals surface area contributed by atoms with Crippen LogP contribution in [0.4, 0.5) is 0 Å². The zero-order chi connectivity index (χ0) is 22.4. The Balaban J connectivity index is 0.000000182. The Kier molecular flexibility index (Phi) is 14.0. The first-order valence-electron chi connectivity index (χ1n) is 13.3. The third-order valence-corrected chi connectivity index (χ3v) is 7.69. The Morgan fingerprint density at radius 2 is 0.581 bits per heavy atom. The third-order valence-electron chi connectivity index (χ3n) is 7.69. The molecule has 0 aromatic rings. The molecule has 7 heteroatoms. The molecule has 4 saturated carbocycles. The summed E-state index contributed by atoms with van der Waals surface area (Å²) in [6.07, 6.45) is 29.9. The second-order valence-corrected chi connectivity index (χ2v) is 12.4. The van der Waals surface area contributed by atoms with Gasteiger partial charge in [-0.05, 0) is 103 Å². The summed E-state index contributed by atoms with van der Waals surface area (Å²) < 4.78 is 34.5. The Bertz CT molecular complexity index is 460. The molecule has 4 fully saturated rings. The van der Waals surface area contributed by atoms with Gasteiger partial charge >= 0.3 is 31.1 Å². The van der Waals surface area contributed by atoms with Crippen LogP contribution in [0.5, 0.6) is 0 Å². The molecule has 0 heterocycles. The van der Waals surface area contributed by atoms with Crippen LogP contribution < -0.4 is 18.2 Å². The zero-order valence-corrected chi connectivity index (χ0v) is 21.7. The van der Waals surface area contributed by atoms with Crippen molar-refractivity contribution in [3.8, 4) is 0 Å². The molecular weight excluding hydrogens is 476 g/mol. The van der Waals surface area contributed by atoms with E-state index in [0.717, 1.165) is 24.2 Å². The molecule has 0 radical (unpaired) electrons. The molecule has 31 heavy (non-hydrogen) atoms. The zero-order valence-electron chi connectivity index (χ0n) is 19.6. The van der Waals surface area contributed by atoms with Gasteiger partial charge in [0.1, 0.15) is 0 Å². The van der Waals surface area contributed by atoms with Crippen molar-refractivity contribution in [3.05, 3.63) is 0 Å². The van der Waals surface area contributed by atoms with E-state index in [0.29, 0.717) is 0 Å². The topological polar surface area (TPSA) is 113 Å². The van der Waals surface area contributed by atoms with E-state index >= 15 is 0 Å². The Hall–Kier alpha value is 0.128. The van der Waals surface area contributed by atoms with Crippen LogP contribution in [0.2, 0.25) is 0 Å². The predicted octanol–water partition coefficient (Wildman–Crippen LogP) is 1.81. The molecule has 0 saturated heterocycles. The van der Waals surface area contributed by atoms with Gasteiger partial charge in [0.25, 0.3) is 0 Å². The summed E-state index contributed by atoms with van der Waals surface area (Å²) in [5.41, 5.74) is 0. The molecule has 6 nitrogen and oxygen atoms in total. The van der Waals surface area contributed by atoms with Crippen LogP contribution in [0.15, 0.2) is 0 Å². The number of rotatable bonds is 4. The average molecular weight is 525 g/mol. The maximum absolute atomic E-state index is 8.63. The molecule has 0 aromatic heterocycles. The summed E-state index contributed by atoms with van der Waals surface area (Å²) in [7, 11) is 0. The van der Waals surface area contributed by atoms with Gasteiger partial charge in [0.15, 0.2) is 0 Å². The molecule has 0 spiro atoms. The summed E-state index contributed by atoms with van der Waals surface area (Å²) in [6, 6.07) is 3.99. The summed E-state index contributed by atoms with van der Waals surface area (Å²) in [5.74, 6) is 0. The van der Waals surface area contributed by atoms with Crippen LogP contribution in [-0.4, -0.2) is 24.2 Å². The fourth-order valence-electron chi connectivity index (χ4n) is 6.08. The van der Waals surface area contributed by atoms with E-state index in [4.69, 9.17) is 14.3 Å². The molecular formula is C24H48MoN2O4. The van der Waals surface area contributed by atoms with E-state index in [-0.39, 0.29) is 0 Å². The summed E-state index contributed by atoms with van der Waals surface area (Å²) in [4.78, 5) is 0. The molecule has 4 aliphatic carbocycles.